The van der Waals surface area contributed by atoms with Crippen molar-refractivity contribution in [2.24, 2.45) is 0 Å². The molecule has 0 amide bonds. The molecule has 1 N–H and O–H groups in total. The van der Waals surface area contributed by atoms with Gasteiger partial charge in [0.2, 0.25) is 0 Å². The summed E-state index contributed by atoms with van der Waals surface area (Å²) in [6.07, 6.45) is 3.49. The van der Waals surface area contributed by atoms with Gasteiger partial charge in [-0.15, -0.1) is 11.3 Å². The van der Waals surface area contributed by atoms with E-state index in [1.807, 2.05) is 6.07 Å². The summed E-state index contributed by atoms with van der Waals surface area (Å²) in [6.45, 7) is 0.911. The zero-order valence-corrected chi connectivity index (χ0v) is 12.3. The van der Waals surface area contributed by atoms with E-state index in [9.17, 15) is 0 Å². The standard InChI is InChI=1S/C13H14BrN3S/c14-11-8-12(17-13(16-11)9-3-4-9)15-6-5-10-2-1-7-18-10/h1-2,7-9H,3-6H2,(H,15,16,17). The van der Waals surface area contributed by atoms with Gasteiger partial charge in [-0.2, -0.15) is 0 Å². The van der Waals surface area contributed by atoms with Gasteiger partial charge < -0.3 is 5.32 Å². The Morgan fingerprint density at radius 3 is 3.00 bits per heavy atom. The molecule has 0 atom stereocenters. The maximum atomic E-state index is 4.57. The number of anilines is 1. The van der Waals surface area contributed by atoms with E-state index >= 15 is 0 Å². The summed E-state index contributed by atoms with van der Waals surface area (Å²) in [5.74, 6) is 2.48. The average Bonchev–Trinajstić information content (AvgIpc) is 3.08. The molecule has 0 aromatic carbocycles. The van der Waals surface area contributed by atoms with E-state index in [0.29, 0.717) is 5.92 Å². The highest BCUT2D eigenvalue weighted by atomic mass is 79.9. The quantitative estimate of drug-likeness (QED) is 0.850. The molecular formula is C13H14BrN3S. The summed E-state index contributed by atoms with van der Waals surface area (Å²) in [5.41, 5.74) is 0. The molecule has 0 unspecified atom stereocenters. The molecule has 1 aliphatic carbocycles. The highest BCUT2D eigenvalue weighted by Gasteiger charge is 2.27. The summed E-state index contributed by atoms with van der Waals surface area (Å²) in [4.78, 5) is 10.4. The third kappa shape index (κ3) is 3.09. The maximum Gasteiger partial charge on any atom is 0.135 e. The van der Waals surface area contributed by atoms with E-state index in [4.69, 9.17) is 0 Å². The van der Waals surface area contributed by atoms with Gasteiger partial charge in [0.1, 0.15) is 16.2 Å². The summed E-state index contributed by atoms with van der Waals surface area (Å²) >= 11 is 5.25. The van der Waals surface area contributed by atoms with Crippen molar-refractivity contribution in [1.29, 1.82) is 0 Å². The average molecular weight is 324 g/mol. The van der Waals surface area contributed by atoms with Crippen molar-refractivity contribution in [1.82, 2.24) is 9.97 Å². The molecule has 0 aliphatic heterocycles. The molecule has 1 fully saturated rings. The van der Waals surface area contributed by atoms with Gasteiger partial charge in [-0.25, -0.2) is 9.97 Å². The molecule has 5 heteroatoms. The molecule has 0 spiro atoms. The second-order valence-electron chi connectivity index (χ2n) is 4.46. The lowest BCUT2D eigenvalue weighted by Crippen LogP contribution is -2.07. The van der Waals surface area contributed by atoms with E-state index in [1.165, 1.54) is 17.7 Å². The molecule has 94 valence electrons. The van der Waals surface area contributed by atoms with E-state index in [-0.39, 0.29) is 0 Å². The van der Waals surface area contributed by atoms with Gasteiger partial charge in [0, 0.05) is 23.4 Å². The van der Waals surface area contributed by atoms with E-state index in [1.54, 1.807) is 11.3 Å². The highest BCUT2D eigenvalue weighted by molar-refractivity contribution is 9.10. The number of hydrogen-bond donors (Lipinski definition) is 1. The fourth-order valence-electron chi connectivity index (χ4n) is 1.82. The van der Waals surface area contributed by atoms with Gasteiger partial charge in [0.15, 0.2) is 0 Å². The first kappa shape index (κ1) is 12.1. The van der Waals surface area contributed by atoms with Gasteiger partial charge in [-0.1, -0.05) is 6.07 Å². The second kappa shape index (κ2) is 5.36. The first-order valence-electron chi connectivity index (χ1n) is 6.12. The largest absolute Gasteiger partial charge is 0.370 e. The number of rotatable bonds is 5. The lowest BCUT2D eigenvalue weighted by molar-refractivity contribution is 0.907. The van der Waals surface area contributed by atoms with E-state index in [2.05, 4.69) is 48.7 Å². The molecule has 18 heavy (non-hydrogen) atoms. The monoisotopic (exact) mass is 323 g/mol. The number of halogens is 1. The van der Waals surface area contributed by atoms with Crippen LogP contribution in [0.3, 0.4) is 0 Å². The Labute approximate surface area is 119 Å². The minimum Gasteiger partial charge on any atom is -0.370 e. The SMILES string of the molecule is Brc1cc(NCCc2cccs2)nc(C2CC2)n1. The lowest BCUT2D eigenvalue weighted by atomic mass is 10.3. The minimum absolute atomic E-state index is 0.584. The first-order chi connectivity index (χ1) is 8.81. The summed E-state index contributed by atoms with van der Waals surface area (Å²) < 4.78 is 0.873. The van der Waals surface area contributed by atoms with Crippen LogP contribution in [0, 0.1) is 0 Å². The Bertz CT molecular complexity index is 523. The topological polar surface area (TPSA) is 37.8 Å². The predicted molar refractivity (Wildman–Crippen MR) is 78.2 cm³/mol. The van der Waals surface area contributed by atoms with Crippen LogP contribution in [-0.2, 0) is 6.42 Å². The summed E-state index contributed by atoms with van der Waals surface area (Å²) in [5, 5.41) is 5.49. The third-order valence-electron chi connectivity index (χ3n) is 2.91. The Hall–Kier alpha value is -0.940. The number of nitrogens with zero attached hydrogens (tertiary/aromatic N) is 2. The normalized spacial score (nSPS) is 14.7. The molecule has 0 saturated heterocycles. The lowest BCUT2D eigenvalue weighted by Gasteiger charge is -2.07. The Balaban J connectivity index is 1.61. The van der Waals surface area contributed by atoms with Crippen molar-refractivity contribution in [3.05, 3.63) is 38.9 Å². The van der Waals surface area contributed by atoms with Gasteiger partial charge in [0.25, 0.3) is 0 Å². The maximum absolute atomic E-state index is 4.57. The van der Waals surface area contributed by atoms with Crippen molar-refractivity contribution in [3.8, 4) is 0 Å². The fourth-order valence-corrected chi connectivity index (χ4v) is 2.93. The molecular weight excluding hydrogens is 310 g/mol. The summed E-state index contributed by atoms with van der Waals surface area (Å²) in [6, 6.07) is 6.20. The highest BCUT2D eigenvalue weighted by Crippen LogP contribution is 2.38. The second-order valence-corrected chi connectivity index (χ2v) is 6.31. The van der Waals surface area contributed by atoms with Crippen LogP contribution in [0.5, 0.6) is 0 Å². The smallest absolute Gasteiger partial charge is 0.135 e. The number of nitrogens with one attached hydrogen (secondary N) is 1. The van der Waals surface area contributed by atoms with Crippen molar-refractivity contribution in [2.45, 2.75) is 25.2 Å². The van der Waals surface area contributed by atoms with Crippen LogP contribution in [0.15, 0.2) is 28.2 Å². The van der Waals surface area contributed by atoms with Crippen LogP contribution >= 0.6 is 27.3 Å². The third-order valence-corrected chi connectivity index (χ3v) is 4.25. The zero-order valence-electron chi connectivity index (χ0n) is 9.90. The van der Waals surface area contributed by atoms with Gasteiger partial charge in [-0.3, -0.25) is 0 Å². The molecule has 0 bridgehead atoms. The van der Waals surface area contributed by atoms with Crippen LogP contribution < -0.4 is 5.32 Å². The molecule has 3 nitrogen and oxygen atoms in total. The number of thiophene rings is 1. The fraction of sp³-hybridized carbons (Fsp3) is 0.385. The molecule has 2 aromatic rings. The van der Waals surface area contributed by atoms with Gasteiger partial charge in [-0.05, 0) is 46.6 Å². The Morgan fingerprint density at radius 1 is 1.39 bits per heavy atom. The molecule has 0 radical (unpaired) electrons. The van der Waals surface area contributed by atoms with Crippen LogP contribution in [-0.4, -0.2) is 16.5 Å². The van der Waals surface area contributed by atoms with Crippen molar-refractivity contribution in [2.75, 3.05) is 11.9 Å². The first-order valence-corrected chi connectivity index (χ1v) is 7.79. The van der Waals surface area contributed by atoms with Crippen LogP contribution in [0.2, 0.25) is 0 Å². The van der Waals surface area contributed by atoms with Gasteiger partial charge >= 0.3 is 0 Å². The Kier molecular flexibility index (Phi) is 3.61. The van der Waals surface area contributed by atoms with Crippen LogP contribution in [0.4, 0.5) is 5.82 Å². The van der Waals surface area contributed by atoms with Crippen molar-refractivity contribution in [3.63, 3.8) is 0 Å². The zero-order chi connectivity index (χ0) is 12.4. The predicted octanol–water partition coefficient (Wildman–Crippen LogP) is 3.83. The number of hydrogen-bond acceptors (Lipinski definition) is 4. The molecule has 1 aliphatic rings. The number of aromatic nitrogens is 2. The minimum atomic E-state index is 0.584. The molecule has 2 aromatic heterocycles. The molecule has 2 heterocycles. The van der Waals surface area contributed by atoms with E-state index in [0.717, 1.165) is 29.2 Å². The molecule has 3 rings (SSSR count). The van der Waals surface area contributed by atoms with Crippen molar-refractivity contribution >= 4 is 33.1 Å². The van der Waals surface area contributed by atoms with Crippen molar-refractivity contribution < 1.29 is 0 Å². The van der Waals surface area contributed by atoms with Crippen LogP contribution in [0.25, 0.3) is 0 Å². The molecule has 1 saturated carbocycles. The van der Waals surface area contributed by atoms with Gasteiger partial charge in [0.05, 0.1) is 0 Å². The Morgan fingerprint density at radius 2 is 2.28 bits per heavy atom. The summed E-state index contributed by atoms with van der Waals surface area (Å²) in [7, 11) is 0. The van der Waals surface area contributed by atoms with E-state index < -0.39 is 0 Å². The van der Waals surface area contributed by atoms with Crippen LogP contribution in [0.1, 0.15) is 29.5 Å².